The summed E-state index contributed by atoms with van der Waals surface area (Å²) in [6, 6.07) is 6.30. The molecule has 0 N–H and O–H groups in total. The van der Waals surface area contributed by atoms with E-state index in [1.807, 2.05) is 0 Å². The van der Waals surface area contributed by atoms with Crippen molar-refractivity contribution in [2.75, 3.05) is 37.0 Å². The maximum atomic E-state index is 12.8. The second-order valence-corrected chi connectivity index (χ2v) is 4.67. The highest BCUT2D eigenvalue weighted by atomic mass is 35.5. The summed E-state index contributed by atoms with van der Waals surface area (Å²) in [4.78, 5) is 15.1. The van der Waals surface area contributed by atoms with Crippen molar-refractivity contribution in [2.24, 2.45) is 0 Å². The van der Waals surface area contributed by atoms with Crippen LogP contribution < -0.4 is 4.90 Å². The van der Waals surface area contributed by atoms with Gasteiger partial charge >= 0.3 is 0 Å². The van der Waals surface area contributed by atoms with Gasteiger partial charge < -0.3 is 9.69 Å². The predicted molar refractivity (Wildman–Crippen MR) is 70.8 cm³/mol. The number of aldehydes is 1. The molecule has 0 bridgehead atoms. The Hall–Kier alpha value is -1.13. The second kappa shape index (κ2) is 6.16. The molecule has 0 aromatic heterocycles. The highest BCUT2D eigenvalue weighted by molar-refractivity contribution is 6.19. The lowest BCUT2D eigenvalue weighted by Gasteiger charge is -2.38. The zero-order valence-corrected chi connectivity index (χ0v) is 10.8. The molecule has 1 aromatic rings. The van der Waals surface area contributed by atoms with E-state index >= 15 is 0 Å². The number of hydrogen-bond donors (Lipinski definition) is 0. The summed E-state index contributed by atoms with van der Waals surface area (Å²) in [5.74, 6) is 0.112. The van der Waals surface area contributed by atoms with E-state index in [1.54, 1.807) is 12.1 Å². The Bertz CT molecular complexity index is 390. The number of nitrogens with zero attached hydrogens (tertiary/aromatic N) is 2. The first-order valence-electron chi connectivity index (χ1n) is 6.00. The van der Waals surface area contributed by atoms with Crippen LogP contribution in [0.15, 0.2) is 24.3 Å². The van der Waals surface area contributed by atoms with Gasteiger partial charge in [-0.25, -0.2) is 4.39 Å². The van der Waals surface area contributed by atoms with Crippen LogP contribution in [0.4, 0.5) is 10.1 Å². The molecule has 1 fully saturated rings. The maximum absolute atomic E-state index is 12.8. The summed E-state index contributed by atoms with van der Waals surface area (Å²) in [6.07, 6.45) is 0.903. The number of carbonyl (C=O) groups is 1. The third kappa shape index (κ3) is 3.00. The molecule has 0 spiro atoms. The van der Waals surface area contributed by atoms with E-state index in [0.29, 0.717) is 5.88 Å². The number of benzene rings is 1. The minimum atomic E-state index is -0.222. The predicted octanol–water partition coefficient (Wildman–Crippen LogP) is 1.75. The van der Waals surface area contributed by atoms with Crippen molar-refractivity contribution in [3.63, 3.8) is 0 Å². The molecule has 1 aliphatic heterocycles. The monoisotopic (exact) mass is 270 g/mol. The molecule has 0 aliphatic carbocycles. The SMILES string of the molecule is O=CC(CCl)N1CCN(c2ccc(F)cc2)CC1. The number of halogens is 2. The molecular weight excluding hydrogens is 255 g/mol. The van der Waals surface area contributed by atoms with Gasteiger partial charge in [-0.1, -0.05) is 0 Å². The topological polar surface area (TPSA) is 23.6 Å². The third-order valence-electron chi connectivity index (χ3n) is 3.29. The maximum Gasteiger partial charge on any atom is 0.138 e. The lowest BCUT2D eigenvalue weighted by Crippen LogP contribution is -2.51. The van der Waals surface area contributed by atoms with E-state index in [1.165, 1.54) is 12.1 Å². The first-order chi connectivity index (χ1) is 8.74. The molecular formula is C13H16ClFN2O. The zero-order chi connectivity index (χ0) is 13.0. The standard InChI is InChI=1S/C13H16ClFN2O/c14-9-13(10-18)17-7-5-16(6-8-17)12-3-1-11(15)2-4-12/h1-4,10,13H,5-9H2. The normalized spacial score (nSPS) is 18.7. The lowest BCUT2D eigenvalue weighted by molar-refractivity contribution is -0.111. The van der Waals surface area contributed by atoms with Crippen LogP contribution in [0, 0.1) is 5.82 Å². The molecule has 1 aliphatic rings. The van der Waals surface area contributed by atoms with Gasteiger partial charge in [-0.3, -0.25) is 4.90 Å². The number of hydrogen-bond acceptors (Lipinski definition) is 3. The van der Waals surface area contributed by atoms with Gasteiger partial charge in [0.15, 0.2) is 0 Å². The Kier molecular flexibility index (Phi) is 4.55. The van der Waals surface area contributed by atoms with Gasteiger partial charge in [-0.2, -0.15) is 0 Å². The smallest absolute Gasteiger partial charge is 0.138 e. The molecule has 3 nitrogen and oxygen atoms in total. The van der Waals surface area contributed by atoms with Gasteiger partial charge in [-0.05, 0) is 24.3 Å². The van der Waals surface area contributed by atoms with Crippen LogP contribution in [0.2, 0.25) is 0 Å². The van der Waals surface area contributed by atoms with Crippen LogP contribution in [0.1, 0.15) is 0 Å². The summed E-state index contributed by atoms with van der Waals surface area (Å²) in [7, 11) is 0. The lowest BCUT2D eigenvalue weighted by atomic mass is 10.2. The van der Waals surface area contributed by atoms with Crippen molar-refractivity contribution >= 4 is 23.6 Å². The Labute approximate surface area is 111 Å². The highest BCUT2D eigenvalue weighted by Crippen LogP contribution is 2.17. The van der Waals surface area contributed by atoms with E-state index in [9.17, 15) is 9.18 Å². The van der Waals surface area contributed by atoms with Gasteiger partial charge in [-0.15, -0.1) is 11.6 Å². The summed E-state index contributed by atoms with van der Waals surface area (Å²) >= 11 is 5.74. The molecule has 0 amide bonds. The molecule has 2 rings (SSSR count). The van der Waals surface area contributed by atoms with Crippen molar-refractivity contribution < 1.29 is 9.18 Å². The van der Waals surface area contributed by atoms with Gasteiger partial charge in [0.25, 0.3) is 0 Å². The molecule has 98 valence electrons. The molecule has 1 aromatic carbocycles. The number of rotatable bonds is 4. The molecule has 1 unspecified atom stereocenters. The van der Waals surface area contributed by atoms with Crippen molar-refractivity contribution in [3.05, 3.63) is 30.1 Å². The third-order valence-corrected chi connectivity index (χ3v) is 3.61. The minimum Gasteiger partial charge on any atom is -0.369 e. The van der Waals surface area contributed by atoms with Crippen LogP contribution in [-0.4, -0.2) is 49.3 Å². The van der Waals surface area contributed by atoms with E-state index in [2.05, 4.69) is 9.80 Å². The fourth-order valence-electron chi connectivity index (χ4n) is 2.18. The average Bonchev–Trinajstić information content (AvgIpc) is 2.42. The van der Waals surface area contributed by atoms with Gasteiger partial charge in [0.05, 0.1) is 6.04 Å². The van der Waals surface area contributed by atoms with Crippen molar-refractivity contribution in [2.45, 2.75) is 6.04 Å². The van der Waals surface area contributed by atoms with Crippen molar-refractivity contribution in [1.82, 2.24) is 4.90 Å². The summed E-state index contributed by atoms with van der Waals surface area (Å²) < 4.78 is 12.8. The van der Waals surface area contributed by atoms with E-state index in [4.69, 9.17) is 11.6 Å². The van der Waals surface area contributed by atoms with Crippen LogP contribution in [0.5, 0.6) is 0 Å². The average molecular weight is 271 g/mol. The summed E-state index contributed by atoms with van der Waals surface area (Å²) in [6.45, 7) is 3.25. The quantitative estimate of drug-likeness (QED) is 0.615. The molecule has 1 heterocycles. The van der Waals surface area contributed by atoms with Gasteiger partial charge in [0.1, 0.15) is 12.1 Å². The zero-order valence-electron chi connectivity index (χ0n) is 10.1. The van der Waals surface area contributed by atoms with E-state index < -0.39 is 0 Å². The fourth-order valence-corrected chi connectivity index (χ4v) is 2.45. The van der Waals surface area contributed by atoms with Crippen molar-refractivity contribution in [3.8, 4) is 0 Å². The van der Waals surface area contributed by atoms with Gasteiger partial charge in [0, 0.05) is 37.7 Å². The Balaban J connectivity index is 1.94. The number of anilines is 1. The minimum absolute atomic E-state index is 0.193. The van der Waals surface area contributed by atoms with Crippen LogP contribution in [-0.2, 0) is 4.79 Å². The van der Waals surface area contributed by atoms with Crippen LogP contribution >= 0.6 is 11.6 Å². The van der Waals surface area contributed by atoms with E-state index in [-0.39, 0.29) is 11.9 Å². The fraction of sp³-hybridized carbons (Fsp3) is 0.462. The molecule has 0 saturated carbocycles. The van der Waals surface area contributed by atoms with Crippen LogP contribution in [0.25, 0.3) is 0 Å². The van der Waals surface area contributed by atoms with E-state index in [0.717, 1.165) is 38.2 Å². The number of carbonyl (C=O) groups excluding carboxylic acids is 1. The van der Waals surface area contributed by atoms with Crippen molar-refractivity contribution in [1.29, 1.82) is 0 Å². The Morgan fingerprint density at radius 3 is 2.33 bits per heavy atom. The van der Waals surface area contributed by atoms with Gasteiger partial charge in [0.2, 0.25) is 0 Å². The first-order valence-corrected chi connectivity index (χ1v) is 6.54. The Morgan fingerprint density at radius 1 is 1.22 bits per heavy atom. The molecule has 5 heteroatoms. The molecule has 1 saturated heterocycles. The molecule has 18 heavy (non-hydrogen) atoms. The van der Waals surface area contributed by atoms with Crippen LogP contribution in [0.3, 0.4) is 0 Å². The number of alkyl halides is 1. The Morgan fingerprint density at radius 2 is 1.83 bits per heavy atom. The second-order valence-electron chi connectivity index (χ2n) is 4.36. The molecule has 0 radical (unpaired) electrons. The molecule has 1 atom stereocenters. The first kappa shape index (κ1) is 13.3. The summed E-state index contributed by atoms with van der Waals surface area (Å²) in [5.41, 5.74) is 1.02. The largest absolute Gasteiger partial charge is 0.369 e. The summed E-state index contributed by atoms with van der Waals surface area (Å²) in [5, 5.41) is 0. The highest BCUT2D eigenvalue weighted by Gasteiger charge is 2.22. The number of piperazine rings is 1.